The fraction of sp³-hybridized carbons (Fsp3) is 0.182. The van der Waals surface area contributed by atoms with Gasteiger partial charge in [-0.05, 0) is 42.7 Å². The zero-order valence-corrected chi connectivity index (χ0v) is 16.5. The first kappa shape index (κ1) is 20.2. The van der Waals surface area contributed by atoms with Gasteiger partial charge >= 0.3 is 0 Å². The number of rotatable bonds is 5. The number of nitrogens with zero attached hydrogens (tertiary/aromatic N) is 4. The molecule has 4 aromatic rings. The minimum Gasteiger partial charge on any atom is -0.436 e. The highest BCUT2D eigenvalue weighted by atomic mass is 16.4. The standard InChI is InChI=1S/C22H21N5O.H2O/c1-14(2)19-12-23-9-8-18(19)21-25-13-20(28-21)16-5-4-6-17(11-16)27-22-24-10-7-15(3)26-22;/h4-14H,1-3H3,(H,24,26,27);1H2. The number of oxazole rings is 1. The van der Waals surface area contributed by atoms with E-state index in [9.17, 15) is 0 Å². The smallest absolute Gasteiger partial charge is 0.227 e. The van der Waals surface area contributed by atoms with Gasteiger partial charge in [-0.3, -0.25) is 4.98 Å². The third-order valence-corrected chi connectivity index (χ3v) is 4.41. The second-order valence-electron chi connectivity index (χ2n) is 6.87. The molecule has 0 fully saturated rings. The van der Waals surface area contributed by atoms with Gasteiger partial charge in [0.2, 0.25) is 11.8 Å². The maximum atomic E-state index is 6.07. The number of nitrogens with one attached hydrogen (secondary N) is 1. The SMILES string of the molecule is Cc1ccnc(Nc2cccc(-c3cnc(-c4ccncc4C(C)C)o3)c2)n1.O. The van der Waals surface area contributed by atoms with Crippen LogP contribution in [0.1, 0.15) is 31.0 Å². The molecule has 0 aliphatic carbocycles. The van der Waals surface area contributed by atoms with Crippen molar-refractivity contribution in [3.8, 4) is 22.8 Å². The highest BCUT2D eigenvalue weighted by molar-refractivity contribution is 5.68. The van der Waals surface area contributed by atoms with Gasteiger partial charge in [0.05, 0.1) is 6.20 Å². The lowest BCUT2D eigenvalue weighted by atomic mass is 10.00. The average molecular weight is 389 g/mol. The molecule has 7 heteroatoms. The summed E-state index contributed by atoms with van der Waals surface area (Å²) >= 11 is 0. The molecule has 0 saturated carbocycles. The molecule has 7 nitrogen and oxygen atoms in total. The lowest BCUT2D eigenvalue weighted by Crippen LogP contribution is -1.97. The zero-order valence-electron chi connectivity index (χ0n) is 16.5. The van der Waals surface area contributed by atoms with Crippen molar-refractivity contribution in [3.63, 3.8) is 0 Å². The van der Waals surface area contributed by atoms with Crippen molar-refractivity contribution in [2.24, 2.45) is 0 Å². The molecule has 3 aromatic heterocycles. The van der Waals surface area contributed by atoms with Crippen LogP contribution in [0.5, 0.6) is 0 Å². The Morgan fingerprint density at radius 2 is 1.86 bits per heavy atom. The molecule has 0 saturated heterocycles. The Bertz CT molecular complexity index is 1110. The Kier molecular flexibility index (Phi) is 5.99. The van der Waals surface area contributed by atoms with Crippen molar-refractivity contribution >= 4 is 11.6 Å². The minimum atomic E-state index is 0. The fourth-order valence-corrected chi connectivity index (χ4v) is 2.98. The number of hydrogen-bond donors (Lipinski definition) is 1. The lowest BCUT2D eigenvalue weighted by Gasteiger charge is -2.09. The van der Waals surface area contributed by atoms with Crippen LogP contribution in [-0.4, -0.2) is 25.4 Å². The van der Waals surface area contributed by atoms with Gasteiger partial charge in [-0.15, -0.1) is 0 Å². The van der Waals surface area contributed by atoms with E-state index in [2.05, 4.69) is 39.1 Å². The normalized spacial score (nSPS) is 10.6. The fourth-order valence-electron chi connectivity index (χ4n) is 2.98. The van der Waals surface area contributed by atoms with Crippen molar-refractivity contribution in [2.45, 2.75) is 26.7 Å². The van der Waals surface area contributed by atoms with Crippen LogP contribution in [0.3, 0.4) is 0 Å². The van der Waals surface area contributed by atoms with Crippen LogP contribution < -0.4 is 5.32 Å². The molecule has 0 unspecified atom stereocenters. The lowest BCUT2D eigenvalue weighted by molar-refractivity contribution is 0.587. The molecule has 1 aromatic carbocycles. The molecule has 0 aliphatic rings. The molecule has 0 spiro atoms. The monoisotopic (exact) mass is 389 g/mol. The molecule has 29 heavy (non-hydrogen) atoms. The van der Waals surface area contributed by atoms with Gasteiger partial charge in [-0.25, -0.2) is 15.0 Å². The Morgan fingerprint density at radius 1 is 1.00 bits per heavy atom. The molecule has 4 rings (SSSR count). The summed E-state index contributed by atoms with van der Waals surface area (Å²) in [5.41, 5.74) is 4.80. The van der Waals surface area contributed by atoms with Crippen LogP contribution in [0.25, 0.3) is 22.8 Å². The van der Waals surface area contributed by atoms with Gasteiger partial charge in [-0.2, -0.15) is 0 Å². The average Bonchev–Trinajstić information content (AvgIpc) is 3.18. The number of anilines is 2. The molecule has 3 N–H and O–H groups in total. The van der Waals surface area contributed by atoms with E-state index >= 15 is 0 Å². The second-order valence-corrected chi connectivity index (χ2v) is 6.87. The topological polar surface area (TPSA) is 108 Å². The maximum Gasteiger partial charge on any atom is 0.227 e. The van der Waals surface area contributed by atoms with E-state index in [4.69, 9.17) is 4.42 Å². The minimum absolute atomic E-state index is 0. The number of hydrogen-bond acceptors (Lipinski definition) is 6. The van der Waals surface area contributed by atoms with E-state index in [0.29, 0.717) is 23.5 Å². The summed E-state index contributed by atoms with van der Waals surface area (Å²) in [6.45, 7) is 6.20. The first-order chi connectivity index (χ1) is 13.6. The predicted molar refractivity (Wildman–Crippen MR) is 113 cm³/mol. The van der Waals surface area contributed by atoms with E-state index in [1.165, 1.54) is 0 Å². The largest absolute Gasteiger partial charge is 0.436 e. The number of benzene rings is 1. The van der Waals surface area contributed by atoms with Gasteiger partial charge in [0.25, 0.3) is 0 Å². The van der Waals surface area contributed by atoms with E-state index in [-0.39, 0.29) is 5.48 Å². The van der Waals surface area contributed by atoms with Gasteiger partial charge < -0.3 is 15.2 Å². The van der Waals surface area contributed by atoms with Gasteiger partial charge in [0.15, 0.2) is 5.76 Å². The molecule has 3 heterocycles. The molecule has 148 valence electrons. The predicted octanol–water partition coefficient (Wildman–Crippen LogP) is 4.54. The molecule has 0 aliphatic heterocycles. The molecule has 0 radical (unpaired) electrons. The van der Waals surface area contributed by atoms with Gasteiger partial charge in [0.1, 0.15) is 0 Å². The highest BCUT2D eigenvalue weighted by Gasteiger charge is 2.14. The van der Waals surface area contributed by atoms with Crippen molar-refractivity contribution in [1.29, 1.82) is 0 Å². The summed E-state index contributed by atoms with van der Waals surface area (Å²) in [5, 5.41) is 3.22. The van der Waals surface area contributed by atoms with Crippen LogP contribution in [0.15, 0.2) is 65.6 Å². The Morgan fingerprint density at radius 3 is 2.66 bits per heavy atom. The summed E-state index contributed by atoms with van der Waals surface area (Å²) in [6.07, 6.45) is 7.12. The van der Waals surface area contributed by atoms with Gasteiger partial charge in [-0.1, -0.05) is 26.0 Å². The first-order valence-corrected chi connectivity index (χ1v) is 9.17. The Balaban J connectivity index is 0.00000240. The number of aryl methyl sites for hydroxylation is 1. The van der Waals surface area contributed by atoms with Crippen molar-refractivity contribution in [2.75, 3.05) is 5.32 Å². The van der Waals surface area contributed by atoms with Crippen LogP contribution in [0.4, 0.5) is 11.6 Å². The van der Waals surface area contributed by atoms with Crippen LogP contribution in [0.2, 0.25) is 0 Å². The Labute approximate surface area is 169 Å². The second kappa shape index (κ2) is 8.62. The highest BCUT2D eigenvalue weighted by Crippen LogP contribution is 2.31. The van der Waals surface area contributed by atoms with E-state index < -0.39 is 0 Å². The van der Waals surface area contributed by atoms with Crippen molar-refractivity contribution in [1.82, 2.24) is 19.9 Å². The summed E-state index contributed by atoms with van der Waals surface area (Å²) in [5.74, 6) is 2.20. The third kappa shape index (κ3) is 4.47. The molecule has 0 amide bonds. The molecular weight excluding hydrogens is 366 g/mol. The van der Waals surface area contributed by atoms with Crippen LogP contribution >= 0.6 is 0 Å². The van der Waals surface area contributed by atoms with E-state index in [0.717, 1.165) is 28.1 Å². The van der Waals surface area contributed by atoms with Crippen molar-refractivity contribution in [3.05, 3.63) is 72.4 Å². The summed E-state index contributed by atoms with van der Waals surface area (Å²) in [4.78, 5) is 17.3. The van der Waals surface area contributed by atoms with E-state index in [1.807, 2.05) is 49.5 Å². The molecule has 0 atom stereocenters. The number of aromatic nitrogens is 4. The number of pyridine rings is 1. The summed E-state index contributed by atoms with van der Waals surface area (Å²) in [6, 6.07) is 11.7. The molecule has 0 bridgehead atoms. The van der Waals surface area contributed by atoms with Crippen molar-refractivity contribution < 1.29 is 9.89 Å². The molecular formula is C22H23N5O2. The first-order valence-electron chi connectivity index (χ1n) is 9.17. The van der Waals surface area contributed by atoms with Crippen LogP contribution in [-0.2, 0) is 0 Å². The maximum absolute atomic E-state index is 6.07. The quantitative estimate of drug-likeness (QED) is 0.536. The summed E-state index contributed by atoms with van der Waals surface area (Å²) < 4.78 is 6.07. The van der Waals surface area contributed by atoms with Gasteiger partial charge in [0, 0.05) is 41.1 Å². The van der Waals surface area contributed by atoms with Crippen LogP contribution in [0, 0.1) is 6.92 Å². The zero-order chi connectivity index (χ0) is 19.5. The third-order valence-electron chi connectivity index (χ3n) is 4.41. The van der Waals surface area contributed by atoms with E-state index in [1.54, 1.807) is 18.6 Å². The Hall–Kier alpha value is -3.58. The summed E-state index contributed by atoms with van der Waals surface area (Å²) in [7, 11) is 0.